The summed E-state index contributed by atoms with van der Waals surface area (Å²) in [5.41, 5.74) is 8.36. The molecular formula is C30H34. The van der Waals surface area contributed by atoms with Crippen molar-refractivity contribution in [2.24, 2.45) is 0 Å². The Labute approximate surface area is 184 Å². The molecule has 0 radical (unpaired) electrons. The summed E-state index contributed by atoms with van der Waals surface area (Å²) in [5, 5.41) is 0. The van der Waals surface area contributed by atoms with Gasteiger partial charge in [0.25, 0.3) is 0 Å². The van der Waals surface area contributed by atoms with Crippen LogP contribution in [0.4, 0.5) is 0 Å². The fraction of sp³-hybridized carbons (Fsp3) is 0.200. The predicted molar refractivity (Wildman–Crippen MR) is 135 cm³/mol. The van der Waals surface area contributed by atoms with Crippen molar-refractivity contribution in [1.29, 1.82) is 0 Å². The Hall–Kier alpha value is -3.30. The molecule has 154 valence electrons. The van der Waals surface area contributed by atoms with Crippen molar-refractivity contribution in [2.75, 3.05) is 0 Å². The first-order valence-electron chi connectivity index (χ1n) is 10.2. The fourth-order valence-electron chi connectivity index (χ4n) is 4.22. The van der Waals surface area contributed by atoms with Crippen molar-refractivity contribution in [1.82, 2.24) is 0 Å². The predicted octanol–water partition coefficient (Wildman–Crippen LogP) is 8.22. The topological polar surface area (TPSA) is 0 Å². The second-order valence-corrected chi connectivity index (χ2v) is 7.27. The van der Waals surface area contributed by atoms with Gasteiger partial charge in [0.15, 0.2) is 0 Å². The molecule has 1 atom stereocenters. The van der Waals surface area contributed by atoms with Gasteiger partial charge in [-0.25, -0.2) is 0 Å². The second-order valence-electron chi connectivity index (χ2n) is 7.27. The average molecular weight is 395 g/mol. The van der Waals surface area contributed by atoms with E-state index in [1.807, 2.05) is 24.3 Å². The Morgan fingerprint density at radius 1 is 0.967 bits per heavy atom. The highest BCUT2D eigenvalue weighted by Crippen LogP contribution is 2.55. The van der Waals surface area contributed by atoms with Crippen molar-refractivity contribution < 1.29 is 0 Å². The maximum atomic E-state index is 4.20. The van der Waals surface area contributed by atoms with Crippen molar-refractivity contribution in [3.63, 3.8) is 0 Å². The summed E-state index contributed by atoms with van der Waals surface area (Å²) in [5.74, 6) is 0. The van der Waals surface area contributed by atoms with E-state index in [9.17, 15) is 0 Å². The standard InChI is InChI=1S/C28H32.C2H2/c1-8-12-18-27-22(7)25(10-3)26(11-4)28(27,24-16-14-13-15-17-24)23(9-2)20-19-21(5)6;1-2/h8,10-20H,1,3-4,9H2,2,5-7H3;1-2H/b18-12-,23-20+;. The molecule has 0 N–H and O–H groups in total. The van der Waals surface area contributed by atoms with Crippen LogP contribution in [0.5, 0.6) is 0 Å². The van der Waals surface area contributed by atoms with Gasteiger partial charge in [-0.2, -0.15) is 0 Å². The van der Waals surface area contributed by atoms with Gasteiger partial charge in [0.2, 0.25) is 0 Å². The molecule has 1 unspecified atom stereocenters. The number of allylic oxidation sites excluding steroid dienone is 13. The van der Waals surface area contributed by atoms with Gasteiger partial charge in [-0.1, -0.05) is 111 Å². The van der Waals surface area contributed by atoms with Gasteiger partial charge in [-0.05, 0) is 55.0 Å². The zero-order valence-corrected chi connectivity index (χ0v) is 18.9. The summed E-state index contributed by atoms with van der Waals surface area (Å²) in [7, 11) is 0. The molecule has 0 bridgehead atoms. The number of hydrogen-bond acceptors (Lipinski definition) is 0. The minimum atomic E-state index is -0.378. The summed E-state index contributed by atoms with van der Waals surface area (Å²) in [6.07, 6.45) is 23.5. The fourth-order valence-corrected chi connectivity index (χ4v) is 4.22. The lowest BCUT2D eigenvalue weighted by atomic mass is 9.64. The van der Waals surface area contributed by atoms with Gasteiger partial charge < -0.3 is 0 Å². The normalized spacial score (nSPS) is 18.7. The maximum absolute atomic E-state index is 4.20. The third-order valence-corrected chi connectivity index (χ3v) is 5.40. The van der Waals surface area contributed by atoms with E-state index < -0.39 is 0 Å². The molecular weight excluding hydrogens is 360 g/mol. The zero-order chi connectivity index (χ0) is 22.7. The van der Waals surface area contributed by atoms with Crippen LogP contribution in [0.15, 0.2) is 126 Å². The first kappa shape index (κ1) is 24.7. The highest BCUT2D eigenvalue weighted by molar-refractivity contribution is 5.74. The lowest BCUT2D eigenvalue weighted by Crippen LogP contribution is -2.31. The van der Waals surface area contributed by atoms with E-state index in [0.717, 1.165) is 6.42 Å². The van der Waals surface area contributed by atoms with E-state index in [-0.39, 0.29) is 5.41 Å². The SMILES string of the molecule is C#C.C=C/C=C\C1=C(C)C(C=C)=C(C=C)C1(/C(=C/C=C(C)C)CC)c1ccccc1. The van der Waals surface area contributed by atoms with Crippen molar-refractivity contribution in [3.8, 4) is 12.8 Å². The van der Waals surface area contributed by atoms with Crippen LogP contribution in [-0.2, 0) is 5.41 Å². The van der Waals surface area contributed by atoms with Crippen molar-refractivity contribution >= 4 is 0 Å². The Morgan fingerprint density at radius 2 is 1.60 bits per heavy atom. The van der Waals surface area contributed by atoms with E-state index in [1.54, 1.807) is 0 Å². The molecule has 1 aliphatic carbocycles. The van der Waals surface area contributed by atoms with Crippen LogP contribution in [0.1, 0.15) is 39.7 Å². The average Bonchev–Trinajstić information content (AvgIpc) is 3.02. The van der Waals surface area contributed by atoms with Crippen LogP contribution in [0.3, 0.4) is 0 Å². The van der Waals surface area contributed by atoms with E-state index in [2.05, 4.69) is 109 Å². The molecule has 0 saturated heterocycles. The number of benzene rings is 1. The Kier molecular flexibility index (Phi) is 9.60. The van der Waals surface area contributed by atoms with Crippen LogP contribution in [0.25, 0.3) is 0 Å². The van der Waals surface area contributed by atoms with Crippen LogP contribution in [0, 0.1) is 12.8 Å². The lowest BCUT2D eigenvalue weighted by molar-refractivity contribution is 0.701. The molecule has 30 heavy (non-hydrogen) atoms. The van der Waals surface area contributed by atoms with Crippen molar-refractivity contribution in [2.45, 2.75) is 39.5 Å². The molecule has 0 aliphatic heterocycles. The van der Waals surface area contributed by atoms with Gasteiger partial charge in [-0.3, -0.25) is 0 Å². The highest BCUT2D eigenvalue weighted by atomic mass is 14.5. The molecule has 0 nitrogen and oxygen atoms in total. The molecule has 0 fully saturated rings. The number of hydrogen-bond donors (Lipinski definition) is 0. The summed E-state index contributed by atoms with van der Waals surface area (Å²) in [4.78, 5) is 0. The second kappa shape index (κ2) is 11.6. The molecule has 2 rings (SSSR count). The molecule has 0 amide bonds. The van der Waals surface area contributed by atoms with Crippen LogP contribution < -0.4 is 0 Å². The Balaban J connectivity index is 0.00000218. The first-order chi connectivity index (χ1) is 14.5. The largest absolute Gasteiger partial charge is 0.124 e. The van der Waals surface area contributed by atoms with Gasteiger partial charge in [0.1, 0.15) is 0 Å². The summed E-state index contributed by atoms with van der Waals surface area (Å²) >= 11 is 0. The smallest absolute Gasteiger partial charge is 0.0672 e. The first-order valence-corrected chi connectivity index (χ1v) is 10.2. The Morgan fingerprint density at radius 3 is 2.07 bits per heavy atom. The third kappa shape index (κ3) is 4.47. The summed E-state index contributed by atoms with van der Waals surface area (Å²) in [6, 6.07) is 10.7. The van der Waals surface area contributed by atoms with Gasteiger partial charge in [-0.15, -0.1) is 12.8 Å². The van der Waals surface area contributed by atoms with Gasteiger partial charge >= 0.3 is 0 Å². The number of rotatable bonds is 8. The molecule has 0 spiro atoms. The number of terminal acetylenes is 1. The molecule has 0 heteroatoms. The maximum Gasteiger partial charge on any atom is 0.0672 e. The van der Waals surface area contributed by atoms with Crippen molar-refractivity contribution in [3.05, 3.63) is 132 Å². The van der Waals surface area contributed by atoms with E-state index in [0.29, 0.717) is 0 Å². The molecule has 1 aromatic carbocycles. The molecule has 0 heterocycles. The minimum Gasteiger partial charge on any atom is -0.124 e. The monoisotopic (exact) mass is 394 g/mol. The summed E-state index contributed by atoms with van der Waals surface area (Å²) < 4.78 is 0. The highest BCUT2D eigenvalue weighted by Gasteiger charge is 2.46. The zero-order valence-electron chi connectivity index (χ0n) is 18.9. The minimum absolute atomic E-state index is 0.378. The molecule has 1 aromatic rings. The third-order valence-electron chi connectivity index (χ3n) is 5.40. The van der Waals surface area contributed by atoms with Crippen LogP contribution >= 0.6 is 0 Å². The van der Waals surface area contributed by atoms with E-state index >= 15 is 0 Å². The molecule has 1 aliphatic rings. The summed E-state index contributed by atoms with van der Waals surface area (Å²) in [6.45, 7) is 20.9. The van der Waals surface area contributed by atoms with E-state index in [4.69, 9.17) is 0 Å². The molecule has 0 saturated carbocycles. The van der Waals surface area contributed by atoms with Gasteiger partial charge in [0.05, 0.1) is 5.41 Å². The van der Waals surface area contributed by atoms with Crippen LogP contribution in [0.2, 0.25) is 0 Å². The molecule has 0 aromatic heterocycles. The van der Waals surface area contributed by atoms with E-state index in [1.165, 1.54) is 39.0 Å². The lowest BCUT2D eigenvalue weighted by Gasteiger charge is -2.37. The quantitative estimate of drug-likeness (QED) is 0.308. The van der Waals surface area contributed by atoms with Crippen LogP contribution in [-0.4, -0.2) is 0 Å². The Bertz CT molecular complexity index is 948. The van der Waals surface area contributed by atoms with Gasteiger partial charge in [0, 0.05) is 0 Å².